The minimum atomic E-state index is -1.24. The molecule has 100 valence electrons. The number of carbonyl (C=O) groups excluding carboxylic acids is 1. The molecule has 0 bridgehead atoms. The van der Waals surface area contributed by atoms with Gasteiger partial charge in [0.15, 0.2) is 0 Å². The lowest BCUT2D eigenvalue weighted by Crippen LogP contribution is -2.25. The van der Waals surface area contributed by atoms with Crippen molar-refractivity contribution in [1.82, 2.24) is 9.78 Å². The maximum absolute atomic E-state index is 11.3. The first kappa shape index (κ1) is 12.6. The summed E-state index contributed by atoms with van der Waals surface area (Å²) in [6, 6.07) is 12.9. The Labute approximate surface area is 119 Å². The fourth-order valence-electron chi connectivity index (χ4n) is 1.95. The normalized spacial score (nSPS) is 10.7. The topological polar surface area (TPSA) is 58.0 Å². The molecular formula is C15H11N2O2S-. The number of hydrogen-bond donors (Lipinski definition) is 0. The Balaban J connectivity index is 2.14. The molecule has 20 heavy (non-hydrogen) atoms. The molecule has 0 N–H and O–H groups in total. The molecule has 0 aliphatic carbocycles. The van der Waals surface area contributed by atoms with Gasteiger partial charge in [-0.2, -0.15) is 5.10 Å². The van der Waals surface area contributed by atoms with Crippen molar-refractivity contribution in [2.75, 3.05) is 0 Å². The number of thiophene rings is 1. The van der Waals surface area contributed by atoms with Gasteiger partial charge in [-0.15, -0.1) is 11.3 Å². The van der Waals surface area contributed by atoms with Crippen molar-refractivity contribution in [2.24, 2.45) is 0 Å². The van der Waals surface area contributed by atoms with E-state index in [1.165, 1.54) is 16.0 Å². The van der Waals surface area contributed by atoms with Crippen molar-refractivity contribution in [3.05, 3.63) is 59.1 Å². The van der Waals surface area contributed by atoms with Crippen LogP contribution in [0.4, 0.5) is 0 Å². The number of carbonyl (C=O) groups is 1. The Morgan fingerprint density at radius 2 is 2.00 bits per heavy atom. The summed E-state index contributed by atoms with van der Waals surface area (Å²) in [5, 5.41) is 17.6. The lowest BCUT2D eigenvalue weighted by molar-refractivity contribution is -0.255. The number of carboxylic acid groups (broad SMARTS) is 1. The molecule has 0 unspecified atom stereocenters. The van der Waals surface area contributed by atoms with Gasteiger partial charge in [-0.25, -0.2) is 4.68 Å². The van der Waals surface area contributed by atoms with Crippen LogP contribution in [0, 0.1) is 6.92 Å². The monoisotopic (exact) mass is 283 g/mol. The van der Waals surface area contributed by atoms with E-state index in [1.807, 2.05) is 48.7 Å². The van der Waals surface area contributed by atoms with Crippen LogP contribution in [0.25, 0.3) is 16.3 Å². The van der Waals surface area contributed by atoms with Gasteiger partial charge in [-0.1, -0.05) is 23.8 Å². The first-order chi connectivity index (χ1) is 9.65. The summed E-state index contributed by atoms with van der Waals surface area (Å²) in [5.74, 6) is -1.24. The molecule has 4 nitrogen and oxygen atoms in total. The molecule has 2 heterocycles. The quantitative estimate of drug-likeness (QED) is 0.741. The highest BCUT2D eigenvalue weighted by atomic mass is 32.1. The van der Waals surface area contributed by atoms with Crippen LogP contribution in [0.15, 0.2) is 47.8 Å². The highest BCUT2D eigenvalue weighted by molar-refractivity contribution is 7.13. The second-order valence-corrected chi connectivity index (χ2v) is 5.37. The van der Waals surface area contributed by atoms with E-state index in [9.17, 15) is 9.90 Å². The van der Waals surface area contributed by atoms with Gasteiger partial charge >= 0.3 is 0 Å². The molecule has 3 rings (SSSR count). The number of carboxylic acids is 1. The van der Waals surface area contributed by atoms with Crippen LogP contribution in [0.1, 0.15) is 16.1 Å². The summed E-state index contributed by atoms with van der Waals surface area (Å²) in [5.41, 5.74) is 2.50. The maximum atomic E-state index is 11.3. The van der Waals surface area contributed by atoms with Gasteiger partial charge < -0.3 is 9.90 Å². The molecule has 0 spiro atoms. The number of rotatable bonds is 3. The Morgan fingerprint density at radius 3 is 2.60 bits per heavy atom. The first-order valence-corrected chi connectivity index (χ1v) is 6.95. The smallest absolute Gasteiger partial charge is 0.103 e. The number of aryl methyl sites for hydroxylation is 1. The number of hydrogen-bond acceptors (Lipinski definition) is 4. The van der Waals surface area contributed by atoms with Crippen LogP contribution in [-0.4, -0.2) is 15.7 Å². The molecule has 0 saturated heterocycles. The molecule has 0 fully saturated rings. The minimum Gasteiger partial charge on any atom is -0.543 e. The summed E-state index contributed by atoms with van der Waals surface area (Å²) in [4.78, 5) is 12.2. The number of aromatic nitrogens is 2. The number of benzene rings is 1. The SMILES string of the molecule is Cc1ccc(-n2nc(-c3cccs3)cc2C(=O)[O-])cc1. The predicted molar refractivity (Wildman–Crippen MR) is 75.9 cm³/mol. The minimum absolute atomic E-state index is 0.0530. The fraction of sp³-hybridized carbons (Fsp3) is 0.0667. The first-order valence-electron chi connectivity index (χ1n) is 6.07. The van der Waals surface area contributed by atoms with E-state index in [2.05, 4.69) is 5.10 Å². The summed E-state index contributed by atoms with van der Waals surface area (Å²) in [7, 11) is 0. The second kappa shape index (κ2) is 4.94. The maximum Gasteiger partial charge on any atom is 0.103 e. The van der Waals surface area contributed by atoms with Gasteiger partial charge in [0.2, 0.25) is 0 Å². The van der Waals surface area contributed by atoms with Crippen LogP contribution >= 0.6 is 11.3 Å². The lowest BCUT2D eigenvalue weighted by Gasteiger charge is -2.07. The second-order valence-electron chi connectivity index (χ2n) is 4.43. The molecule has 0 aliphatic rings. The molecular weight excluding hydrogens is 272 g/mol. The van der Waals surface area contributed by atoms with Crippen LogP contribution in [0.3, 0.4) is 0 Å². The molecule has 0 atom stereocenters. The van der Waals surface area contributed by atoms with E-state index >= 15 is 0 Å². The van der Waals surface area contributed by atoms with E-state index in [4.69, 9.17) is 0 Å². The molecule has 3 aromatic rings. The van der Waals surface area contributed by atoms with E-state index in [-0.39, 0.29) is 5.69 Å². The highest BCUT2D eigenvalue weighted by Gasteiger charge is 2.12. The fourth-order valence-corrected chi connectivity index (χ4v) is 2.64. The summed E-state index contributed by atoms with van der Waals surface area (Å²) in [6.45, 7) is 1.98. The van der Waals surface area contributed by atoms with Gasteiger partial charge in [0, 0.05) is 0 Å². The summed E-state index contributed by atoms with van der Waals surface area (Å²) in [6.07, 6.45) is 0. The van der Waals surface area contributed by atoms with Crippen LogP contribution < -0.4 is 5.11 Å². The van der Waals surface area contributed by atoms with E-state index in [0.29, 0.717) is 11.4 Å². The number of aromatic carboxylic acids is 1. The average molecular weight is 283 g/mol. The van der Waals surface area contributed by atoms with Crippen molar-refractivity contribution < 1.29 is 9.90 Å². The van der Waals surface area contributed by atoms with Crippen molar-refractivity contribution >= 4 is 17.3 Å². The van der Waals surface area contributed by atoms with Gasteiger partial charge in [-0.05, 0) is 36.6 Å². The largest absolute Gasteiger partial charge is 0.543 e. The highest BCUT2D eigenvalue weighted by Crippen LogP contribution is 2.25. The van der Waals surface area contributed by atoms with Gasteiger partial charge in [0.1, 0.15) is 5.69 Å². The van der Waals surface area contributed by atoms with Gasteiger partial charge in [0.05, 0.1) is 22.2 Å². The van der Waals surface area contributed by atoms with Crippen LogP contribution in [-0.2, 0) is 0 Å². The molecule has 1 aromatic carbocycles. The van der Waals surface area contributed by atoms with E-state index < -0.39 is 5.97 Å². The summed E-state index contributed by atoms with van der Waals surface area (Å²) >= 11 is 1.52. The number of nitrogens with zero attached hydrogens (tertiary/aromatic N) is 2. The zero-order valence-corrected chi connectivity index (χ0v) is 11.6. The molecule has 0 radical (unpaired) electrons. The Hall–Kier alpha value is -2.40. The standard InChI is InChI=1S/C15H12N2O2S/c1-10-4-6-11(7-5-10)17-13(15(18)19)9-12(16-17)14-3-2-8-20-14/h2-9H,1H3,(H,18,19)/p-1. The average Bonchev–Trinajstić information content (AvgIpc) is 3.08. The Bertz CT molecular complexity index is 743. The third-order valence-corrected chi connectivity index (χ3v) is 3.86. The molecule has 0 amide bonds. The summed E-state index contributed by atoms with van der Waals surface area (Å²) < 4.78 is 1.41. The molecule has 0 aliphatic heterocycles. The Kier molecular flexibility index (Phi) is 3.12. The van der Waals surface area contributed by atoms with Crippen LogP contribution in [0.2, 0.25) is 0 Å². The van der Waals surface area contributed by atoms with Crippen molar-refractivity contribution in [1.29, 1.82) is 0 Å². The van der Waals surface area contributed by atoms with Gasteiger partial charge in [0.25, 0.3) is 0 Å². The van der Waals surface area contributed by atoms with Crippen LogP contribution in [0.5, 0.6) is 0 Å². The third kappa shape index (κ3) is 2.23. The predicted octanol–water partition coefficient (Wildman–Crippen LogP) is 2.27. The zero-order chi connectivity index (χ0) is 14.1. The van der Waals surface area contributed by atoms with Crippen molar-refractivity contribution in [2.45, 2.75) is 6.92 Å². The zero-order valence-electron chi connectivity index (χ0n) is 10.7. The van der Waals surface area contributed by atoms with E-state index in [1.54, 1.807) is 6.07 Å². The third-order valence-electron chi connectivity index (χ3n) is 2.97. The molecule has 5 heteroatoms. The van der Waals surface area contributed by atoms with E-state index in [0.717, 1.165) is 10.4 Å². The van der Waals surface area contributed by atoms with Gasteiger partial charge in [-0.3, -0.25) is 0 Å². The van der Waals surface area contributed by atoms with Crippen molar-refractivity contribution in [3.8, 4) is 16.3 Å². The Morgan fingerprint density at radius 1 is 1.25 bits per heavy atom. The molecule has 0 saturated carbocycles. The molecule has 2 aromatic heterocycles. The van der Waals surface area contributed by atoms with Crippen molar-refractivity contribution in [3.63, 3.8) is 0 Å². The lowest BCUT2D eigenvalue weighted by atomic mass is 10.2.